The van der Waals surface area contributed by atoms with Crippen molar-refractivity contribution in [3.8, 4) is 0 Å². The molecule has 98 valence electrons. The molecule has 1 fully saturated rings. The quantitative estimate of drug-likeness (QED) is 0.889. The molecular weight excluding hydrogens is 231 g/mol. The SMILES string of the molecule is CN(C(=O)CNC1CCCC1)c1ccccc1F. The number of benzene rings is 1. The number of carbonyl (C=O) groups excluding carboxylic acids is 1. The summed E-state index contributed by atoms with van der Waals surface area (Å²) in [7, 11) is 1.61. The minimum atomic E-state index is -0.366. The maximum atomic E-state index is 13.5. The van der Waals surface area contributed by atoms with Gasteiger partial charge >= 0.3 is 0 Å². The Balaban J connectivity index is 1.90. The topological polar surface area (TPSA) is 32.3 Å². The number of halogens is 1. The molecule has 0 atom stereocenters. The molecule has 0 aromatic heterocycles. The number of nitrogens with one attached hydrogen (secondary N) is 1. The summed E-state index contributed by atoms with van der Waals surface area (Å²) in [5, 5.41) is 3.24. The lowest BCUT2D eigenvalue weighted by Gasteiger charge is -2.19. The molecule has 1 saturated carbocycles. The van der Waals surface area contributed by atoms with E-state index in [1.807, 2.05) is 0 Å². The molecule has 1 aliphatic carbocycles. The Morgan fingerprint density at radius 3 is 2.72 bits per heavy atom. The standard InChI is InChI=1S/C14H19FN2O/c1-17(13-9-5-4-8-12(13)15)14(18)10-16-11-6-2-3-7-11/h4-5,8-9,11,16H,2-3,6-7,10H2,1H3. The minimum absolute atomic E-state index is 0.105. The van der Waals surface area contributed by atoms with Crippen molar-refractivity contribution in [2.45, 2.75) is 31.7 Å². The van der Waals surface area contributed by atoms with Crippen molar-refractivity contribution in [2.24, 2.45) is 0 Å². The molecule has 1 aromatic carbocycles. The summed E-state index contributed by atoms with van der Waals surface area (Å²) in [6, 6.07) is 6.77. The van der Waals surface area contributed by atoms with Crippen LogP contribution in [-0.2, 0) is 4.79 Å². The van der Waals surface area contributed by atoms with Crippen LogP contribution in [0.15, 0.2) is 24.3 Å². The molecule has 0 saturated heterocycles. The van der Waals surface area contributed by atoms with Gasteiger partial charge in [0.2, 0.25) is 5.91 Å². The molecule has 1 amide bonds. The minimum Gasteiger partial charge on any atom is -0.312 e. The van der Waals surface area contributed by atoms with Crippen LogP contribution in [0.3, 0.4) is 0 Å². The van der Waals surface area contributed by atoms with Crippen LogP contribution in [0.1, 0.15) is 25.7 Å². The molecule has 0 radical (unpaired) electrons. The van der Waals surface area contributed by atoms with Crippen LogP contribution in [0.2, 0.25) is 0 Å². The summed E-state index contributed by atoms with van der Waals surface area (Å²) >= 11 is 0. The van der Waals surface area contributed by atoms with Crippen molar-refractivity contribution in [1.29, 1.82) is 0 Å². The van der Waals surface area contributed by atoms with Gasteiger partial charge in [0.05, 0.1) is 12.2 Å². The van der Waals surface area contributed by atoms with Crippen LogP contribution < -0.4 is 10.2 Å². The number of amides is 1. The van der Waals surface area contributed by atoms with Crippen molar-refractivity contribution in [3.63, 3.8) is 0 Å². The Hall–Kier alpha value is -1.42. The van der Waals surface area contributed by atoms with Gasteiger partial charge in [-0.1, -0.05) is 25.0 Å². The van der Waals surface area contributed by atoms with Crippen molar-refractivity contribution in [1.82, 2.24) is 5.32 Å². The van der Waals surface area contributed by atoms with Crippen molar-refractivity contribution in [3.05, 3.63) is 30.1 Å². The first-order chi connectivity index (χ1) is 8.68. The number of hydrogen-bond donors (Lipinski definition) is 1. The fourth-order valence-electron chi connectivity index (χ4n) is 2.34. The second kappa shape index (κ2) is 5.96. The first-order valence-electron chi connectivity index (χ1n) is 6.43. The molecule has 3 nitrogen and oxygen atoms in total. The molecule has 0 aliphatic heterocycles. The van der Waals surface area contributed by atoms with E-state index in [-0.39, 0.29) is 18.3 Å². The fraction of sp³-hybridized carbons (Fsp3) is 0.500. The van der Waals surface area contributed by atoms with Crippen LogP contribution >= 0.6 is 0 Å². The normalized spacial score (nSPS) is 15.9. The first-order valence-corrected chi connectivity index (χ1v) is 6.43. The first kappa shape index (κ1) is 13.0. The van der Waals surface area contributed by atoms with Crippen LogP contribution in [-0.4, -0.2) is 25.5 Å². The second-order valence-electron chi connectivity index (χ2n) is 4.77. The highest BCUT2D eigenvalue weighted by atomic mass is 19.1. The Bertz CT molecular complexity index is 416. The van der Waals surface area contributed by atoms with Gasteiger partial charge in [0.15, 0.2) is 0 Å². The molecule has 4 heteroatoms. The average Bonchev–Trinajstić information content (AvgIpc) is 2.89. The summed E-state index contributed by atoms with van der Waals surface area (Å²) in [5.74, 6) is -0.471. The zero-order valence-electron chi connectivity index (χ0n) is 10.7. The fourth-order valence-corrected chi connectivity index (χ4v) is 2.34. The molecular formula is C14H19FN2O. The van der Waals surface area contributed by atoms with E-state index < -0.39 is 0 Å². The van der Waals surface area contributed by atoms with Gasteiger partial charge in [-0.3, -0.25) is 4.79 Å². The maximum absolute atomic E-state index is 13.5. The molecule has 1 aliphatic rings. The van der Waals surface area contributed by atoms with E-state index in [1.54, 1.807) is 25.2 Å². The van der Waals surface area contributed by atoms with E-state index in [0.29, 0.717) is 11.7 Å². The summed E-state index contributed by atoms with van der Waals surface area (Å²) in [6.07, 6.45) is 4.73. The van der Waals surface area contributed by atoms with Gasteiger partial charge in [-0.2, -0.15) is 0 Å². The largest absolute Gasteiger partial charge is 0.312 e. The molecule has 0 bridgehead atoms. The van der Waals surface area contributed by atoms with Crippen LogP contribution in [0.5, 0.6) is 0 Å². The smallest absolute Gasteiger partial charge is 0.240 e. The van der Waals surface area contributed by atoms with E-state index in [4.69, 9.17) is 0 Å². The van der Waals surface area contributed by atoms with Gasteiger partial charge in [-0.05, 0) is 25.0 Å². The number of rotatable bonds is 4. The summed E-state index contributed by atoms with van der Waals surface area (Å²) in [6.45, 7) is 0.273. The molecule has 2 rings (SSSR count). The third-order valence-electron chi connectivity index (χ3n) is 3.49. The number of anilines is 1. The number of likely N-dealkylation sites (N-methyl/N-ethyl adjacent to an activating group) is 1. The highest BCUT2D eigenvalue weighted by Crippen LogP contribution is 2.19. The summed E-state index contributed by atoms with van der Waals surface area (Å²) in [4.78, 5) is 13.3. The number of carbonyl (C=O) groups is 1. The average molecular weight is 250 g/mol. The molecule has 0 spiro atoms. The zero-order valence-corrected chi connectivity index (χ0v) is 10.7. The number of hydrogen-bond acceptors (Lipinski definition) is 2. The van der Waals surface area contributed by atoms with Gasteiger partial charge < -0.3 is 10.2 Å². The summed E-state index contributed by atoms with van der Waals surface area (Å²) < 4.78 is 13.5. The Labute approximate surface area is 107 Å². The van der Waals surface area contributed by atoms with E-state index >= 15 is 0 Å². The van der Waals surface area contributed by atoms with Crippen LogP contribution in [0.25, 0.3) is 0 Å². The molecule has 1 aromatic rings. The Kier molecular flexibility index (Phi) is 4.31. The zero-order chi connectivity index (χ0) is 13.0. The Morgan fingerprint density at radius 1 is 1.39 bits per heavy atom. The van der Waals surface area contributed by atoms with Crippen LogP contribution in [0, 0.1) is 5.82 Å². The highest BCUT2D eigenvalue weighted by molar-refractivity contribution is 5.94. The predicted octanol–water partition coefficient (Wildman–Crippen LogP) is 2.32. The van der Waals surface area contributed by atoms with Gasteiger partial charge in [-0.25, -0.2) is 4.39 Å². The van der Waals surface area contributed by atoms with Gasteiger partial charge in [0.25, 0.3) is 0 Å². The molecule has 18 heavy (non-hydrogen) atoms. The highest BCUT2D eigenvalue weighted by Gasteiger charge is 2.18. The van der Waals surface area contributed by atoms with Gasteiger partial charge in [-0.15, -0.1) is 0 Å². The third-order valence-corrected chi connectivity index (χ3v) is 3.49. The summed E-state index contributed by atoms with van der Waals surface area (Å²) in [5.41, 5.74) is 0.329. The number of para-hydroxylation sites is 1. The van der Waals surface area contributed by atoms with Crippen molar-refractivity contribution >= 4 is 11.6 Å². The van der Waals surface area contributed by atoms with Crippen LogP contribution in [0.4, 0.5) is 10.1 Å². The van der Waals surface area contributed by atoms with E-state index in [2.05, 4.69) is 5.32 Å². The lowest BCUT2D eigenvalue weighted by atomic mass is 10.2. The maximum Gasteiger partial charge on any atom is 0.240 e. The van der Waals surface area contributed by atoms with Crippen molar-refractivity contribution in [2.75, 3.05) is 18.5 Å². The second-order valence-corrected chi connectivity index (χ2v) is 4.77. The predicted molar refractivity (Wildman–Crippen MR) is 70.1 cm³/mol. The van der Waals surface area contributed by atoms with E-state index in [9.17, 15) is 9.18 Å². The lowest BCUT2D eigenvalue weighted by Crippen LogP contribution is -2.39. The van der Waals surface area contributed by atoms with E-state index in [0.717, 1.165) is 12.8 Å². The molecule has 0 heterocycles. The van der Waals surface area contributed by atoms with Crippen molar-refractivity contribution < 1.29 is 9.18 Å². The molecule has 0 unspecified atom stereocenters. The van der Waals surface area contributed by atoms with Gasteiger partial charge in [0, 0.05) is 13.1 Å². The lowest BCUT2D eigenvalue weighted by molar-refractivity contribution is -0.117. The number of nitrogens with zero attached hydrogens (tertiary/aromatic N) is 1. The van der Waals surface area contributed by atoms with E-state index in [1.165, 1.54) is 23.8 Å². The third kappa shape index (κ3) is 3.07. The monoisotopic (exact) mass is 250 g/mol. The van der Waals surface area contributed by atoms with Gasteiger partial charge in [0.1, 0.15) is 5.82 Å². The Morgan fingerprint density at radius 2 is 2.06 bits per heavy atom. The molecule has 1 N–H and O–H groups in total.